The molecule has 3 rings (SSSR count). The first-order chi connectivity index (χ1) is 14.7. The quantitative estimate of drug-likeness (QED) is 0.631. The van der Waals surface area contributed by atoms with Gasteiger partial charge in [-0.2, -0.15) is 0 Å². The number of nitrogens with zero attached hydrogens (tertiary/aromatic N) is 1. The zero-order valence-electron chi connectivity index (χ0n) is 17.6. The summed E-state index contributed by atoms with van der Waals surface area (Å²) in [5.74, 6) is 0.937. The largest absolute Gasteiger partial charge is 0.497 e. The number of ether oxygens (including phenoxy) is 3. The molecule has 0 saturated carbocycles. The molecule has 0 amide bonds. The van der Waals surface area contributed by atoms with E-state index in [1.165, 1.54) is 36.7 Å². The van der Waals surface area contributed by atoms with Crippen LogP contribution >= 0.6 is 0 Å². The fraction of sp³-hybridized carbons (Fsp3) is 0.400. The van der Waals surface area contributed by atoms with Crippen molar-refractivity contribution in [2.75, 3.05) is 42.2 Å². The molecular weight excluding hydrogens is 444 g/mol. The molecule has 9 nitrogen and oxygen atoms in total. The highest BCUT2D eigenvalue weighted by Crippen LogP contribution is 2.35. The van der Waals surface area contributed by atoms with Crippen LogP contribution in [-0.4, -0.2) is 50.0 Å². The minimum atomic E-state index is -4.13. The Balaban J connectivity index is 2.05. The molecule has 1 fully saturated rings. The molecule has 0 atom stereocenters. The third kappa shape index (κ3) is 4.99. The van der Waals surface area contributed by atoms with Crippen molar-refractivity contribution >= 4 is 31.4 Å². The van der Waals surface area contributed by atoms with Gasteiger partial charge < -0.3 is 14.2 Å². The van der Waals surface area contributed by atoms with Crippen molar-refractivity contribution in [1.82, 2.24) is 0 Å². The lowest BCUT2D eigenvalue weighted by atomic mass is 10.2. The Kier molecular flexibility index (Phi) is 6.85. The molecule has 1 N–H and O–H groups in total. The molecule has 2 aromatic carbocycles. The van der Waals surface area contributed by atoms with Gasteiger partial charge in [-0.1, -0.05) is 0 Å². The molecule has 31 heavy (non-hydrogen) atoms. The lowest BCUT2D eigenvalue weighted by Gasteiger charge is -2.29. The SMILES string of the molecule is CCOc1ccc(N2CCCCS2(=O)=O)cc1S(=O)(=O)Nc1ccc(OC)cc1OC. The number of benzene rings is 2. The van der Waals surface area contributed by atoms with Crippen LogP contribution in [0.25, 0.3) is 0 Å². The van der Waals surface area contributed by atoms with E-state index in [0.717, 1.165) is 0 Å². The predicted molar refractivity (Wildman–Crippen MR) is 118 cm³/mol. The maximum atomic E-state index is 13.3. The zero-order chi connectivity index (χ0) is 22.6. The monoisotopic (exact) mass is 470 g/mol. The Hall–Kier alpha value is -2.66. The van der Waals surface area contributed by atoms with Crippen LogP contribution in [0.15, 0.2) is 41.3 Å². The molecule has 0 unspecified atom stereocenters. The number of anilines is 2. The number of methoxy groups -OCH3 is 2. The molecule has 0 aliphatic carbocycles. The van der Waals surface area contributed by atoms with Crippen LogP contribution in [0, 0.1) is 0 Å². The fourth-order valence-corrected chi connectivity index (χ4v) is 6.17. The van der Waals surface area contributed by atoms with Crippen molar-refractivity contribution in [3.8, 4) is 17.2 Å². The third-order valence-electron chi connectivity index (χ3n) is 4.81. The van der Waals surface area contributed by atoms with E-state index in [9.17, 15) is 16.8 Å². The van der Waals surface area contributed by atoms with Gasteiger partial charge in [-0.3, -0.25) is 9.03 Å². The number of hydrogen-bond acceptors (Lipinski definition) is 7. The number of rotatable bonds is 8. The second-order valence-electron chi connectivity index (χ2n) is 6.83. The number of nitrogens with one attached hydrogen (secondary N) is 1. The Labute approximate surface area is 183 Å². The molecule has 0 radical (unpaired) electrons. The van der Waals surface area contributed by atoms with Gasteiger partial charge in [0.1, 0.15) is 22.1 Å². The van der Waals surface area contributed by atoms with Gasteiger partial charge in [-0.05, 0) is 50.1 Å². The molecule has 0 spiro atoms. The van der Waals surface area contributed by atoms with Crippen molar-refractivity contribution in [2.24, 2.45) is 0 Å². The normalized spacial score (nSPS) is 15.9. The third-order valence-corrected chi connectivity index (χ3v) is 8.06. The first kappa shape index (κ1) is 23.0. The van der Waals surface area contributed by atoms with E-state index in [1.54, 1.807) is 25.1 Å². The fourth-order valence-electron chi connectivity index (χ4n) is 3.30. The topological polar surface area (TPSA) is 111 Å². The number of hydrogen-bond donors (Lipinski definition) is 1. The molecule has 0 aromatic heterocycles. The molecule has 1 saturated heterocycles. The van der Waals surface area contributed by atoms with Crippen molar-refractivity contribution in [3.05, 3.63) is 36.4 Å². The van der Waals surface area contributed by atoms with Crippen LogP contribution in [0.4, 0.5) is 11.4 Å². The Bertz CT molecular complexity index is 1150. The van der Waals surface area contributed by atoms with Gasteiger partial charge in [0, 0.05) is 12.6 Å². The highest BCUT2D eigenvalue weighted by molar-refractivity contribution is 7.93. The minimum absolute atomic E-state index is 0.0313. The Morgan fingerprint density at radius 1 is 1.03 bits per heavy atom. The summed E-state index contributed by atoms with van der Waals surface area (Å²) in [6, 6.07) is 9.03. The van der Waals surface area contributed by atoms with Crippen molar-refractivity contribution in [3.63, 3.8) is 0 Å². The van der Waals surface area contributed by atoms with Crippen LogP contribution in [0.2, 0.25) is 0 Å². The van der Waals surface area contributed by atoms with Crippen LogP contribution in [-0.2, 0) is 20.0 Å². The zero-order valence-corrected chi connectivity index (χ0v) is 19.3. The van der Waals surface area contributed by atoms with E-state index in [2.05, 4.69) is 4.72 Å². The van der Waals surface area contributed by atoms with E-state index < -0.39 is 20.0 Å². The van der Waals surface area contributed by atoms with E-state index in [0.29, 0.717) is 25.1 Å². The first-order valence-corrected chi connectivity index (χ1v) is 12.8. The van der Waals surface area contributed by atoms with Crippen molar-refractivity contribution in [1.29, 1.82) is 0 Å². The lowest BCUT2D eigenvalue weighted by molar-refractivity contribution is 0.331. The summed E-state index contributed by atoms with van der Waals surface area (Å²) < 4.78 is 71.2. The summed E-state index contributed by atoms with van der Waals surface area (Å²) >= 11 is 0. The predicted octanol–water partition coefficient (Wildman–Crippen LogP) is 2.83. The van der Waals surface area contributed by atoms with Gasteiger partial charge in [0.25, 0.3) is 10.0 Å². The van der Waals surface area contributed by atoms with E-state index in [1.807, 2.05) is 0 Å². The molecular formula is C20H26N2O7S2. The number of sulfonamides is 2. The van der Waals surface area contributed by atoms with Gasteiger partial charge in [0.2, 0.25) is 10.0 Å². The Morgan fingerprint density at radius 2 is 1.81 bits per heavy atom. The maximum absolute atomic E-state index is 13.3. The summed E-state index contributed by atoms with van der Waals surface area (Å²) in [5, 5.41) is 0. The summed E-state index contributed by atoms with van der Waals surface area (Å²) in [4.78, 5) is -0.162. The average Bonchev–Trinajstić information content (AvgIpc) is 2.74. The second-order valence-corrected chi connectivity index (χ2v) is 10.5. The van der Waals surface area contributed by atoms with Gasteiger partial charge in [-0.25, -0.2) is 16.8 Å². The highest BCUT2D eigenvalue weighted by atomic mass is 32.2. The van der Waals surface area contributed by atoms with Gasteiger partial charge in [-0.15, -0.1) is 0 Å². The highest BCUT2D eigenvalue weighted by Gasteiger charge is 2.29. The van der Waals surface area contributed by atoms with E-state index in [-0.39, 0.29) is 40.1 Å². The maximum Gasteiger partial charge on any atom is 0.265 e. The first-order valence-electron chi connectivity index (χ1n) is 9.74. The molecule has 1 aliphatic rings. The summed E-state index contributed by atoms with van der Waals surface area (Å²) in [5.41, 5.74) is 0.493. The molecule has 170 valence electrons. The van der Waals surface area contributed by atoms with Crippen LogP contribution in [0.1, 0.15) is 19.8 Å². The molecule has 0 bridgehead atoms. The lowest BCUT2D eigenvalue weighted by Crippen LogP contribution is -2.37. The van der Waals surface area contributed by atoms with Crippen molar-refractivity contribution < 1.29 is 31.0 Å². The molecule has 11 heteroatoms. The average molecular weight is 471 g/mol. The second kappa shape index (κ2) is 9.23. The minimum Gasteiger partial charge on any atom is -0.497 e. The van der Waals surface area contributed by atoms with Gasteiger partial charge in [0.05, 0.1) is 38.0 Å². The smallest absolute Gasteiger partial charge is 0.265 e. The van der Waals surface area contributed by atoms with Gasteiger partial charge in [0.15, 0.2) is 0 Å². The molecule has 1 aliphatic heterocycles. The van der Waals surface area contributed by atoms with Crippen LogP contribution in [0.5, 0.6) is 17.2 Å². The van der Waals surface area contributed by atoms with E-state index in [4.69, 9.17) is 14.2 Å². The summed E-state index contributed by atoms with van der Waals surface area (Å²) in [6.07, 6.45) is 1.29. The van der Waals surface area contributed by atoms with E-state index >= 15 is 0 Å². The van der Waals surface area contributed by atoms with Crippen LogP contribution in [0.3, 0.4) is 0 Å². The van der Waals surface area contributed by atoms with Crippen molar-refractivity contribution in [2.45, 2.75) is 24.7 Å². The molecule has 2 aromatic rings. The standard InChI is InChI=1S/C20H26N2O7S2/c1-4-29-18-10-7-15(22-11-5-6-12-30(22,23)24)13-20(18)31(25,26)21-17-9-8-16(27-2)14-19(17)28-3/h7-10,13-14,21H,4-6,11-12H2,1-3H3. The summed E-state index contributed by atoms with van der Waals surface area (Å²) in [7, 11) is -4.72. The van der Waals surface area contributed by atoms with Gasteiger partial charge >= 0.3 is 0 Å². The molecule has 1 heterocycles. The summed E-state index contributed by atoms with van der Waals surface area (Å²) in [6.45, 7) is 2.28. The Morgan fingerprint density at radius 3 is 2.45 bits per heavy atom. The van der Waals surface area contributed by atoms with Crippen LogP contribution < -0.4 is 23.2 Å².